The van der Waals surface area contributed by atoms with Crippen molar-refractivity contribution in [2.24, 2.45) is 0 Å². The first-order valence-corrected chi connectivity index (χ1v) is 5.34. The number of benzene rings is 1. The Morgan fingerprint density at radius 2 is 2.06 bits per heavy atom. The second kappa shape index (κ2) is 6.55. The Hall–Kier alpha value is -1.00. The van der Waals surface area contributed by atoms with Crippen LogP contribution in [0.2, 0.25) is 0 Å². The van der Waals surface area contributed by atoms with Crippen LogP contribution in [0.25, 0.3) is 0 Å². The third-order valence-corrected chi connectivity index (χ3v) is 2.06. The van der Waals surface area contributed by atoms with Crippen LogP contribution in [0.3, 0.4) is 0 Å². The average Bonchev–Trinajstić information content (AvgIpc) is 2.22. The Labute approximate surface area is 94.6 Å². The summed E-state index contributed by atoms with van der Waals surface area (Å²) < 4.78 is 31.2. The molecule has 0 saturated carbocycles. The van der Waals surface area contributed by atoms with Gasteiger partial charge in [-0.2, -0.15) is 0 Å². The molecular weight excluding hydrogens is 212 g/mol. The number of nitrogens with one attached hydrogen (secondary N) is 1. The second-order valence-electron chi connectivity index (χ2n) is 3.90. The predicted octanol–water partition coefficient (Wildman–Crippen LogP) is 2.48. The zero-order valence-corrected chi connectivity index (χ0v) is 9.59. The van der Waals surface area contributed by atoms with Gasteiger partial charge in [-0.05, 0) is 18.2 Å². The highest BCUT2D eigenvalue weighted by Gasteiger charge is 2.03. The molecule has 2 nitrogen and oxygen atoms in total. The highest BCUT2D eigenvalue weighted by molar-refractivity contribution is 5.17. The van der Waals surface area contributed by atoms with Crippen LogP contribution in [0.1, 0.15) is 19.4 Å². The van der Waals surface area contributed by atoms with Gasteiger partial charge in [0.25, 0.3) is 0 Å². The Bertz CT molecular complexity index is 329. The molecule has 0 aliphatic heterocycles. The van der Waals surface area contributed by atoms with Crippen LogP contribution >= 0.6 is 0 Å². The lowest BCUT2D eigenvalue weighted by atomic mass is 10.2. The first kappa shape index (κ1) is 13.1. The summed E-state index contributed by atoms with van der Waals surface area (Å²) in [6.07, 6.45) is 0. The van der Waals surface area contributed by atoms with Gasteiger partial charge in [0.1, 0.15) is 11.6 Å². The highest BCUT2D eigenvalue weighted by Crippen LogP contribution is 2.10. The summed E-state index contributed by atoms with van der Waals surface area (Å²) in [5.41, 5.74) is 0.254. The molecule has 0 heterocycles. The normalized spacial score (nSPS) is 11.1. The quantitative estimate of drug-likeness (QED) is 0.757. The van der Waals surface area contributed by atoms with Gasteiger partial charge in [-0.25, -0.2) is 8.78 Å². The molecular formula is C12H17F2NO. The van der Waals surface area contributed by atoms with Crippen molar-refractivity contribution >= 4 is 0 Å². The summed E-state index contributed by atoms with van der Waals surface area (Å²) in [6, 6.07) is 3.76. The lowest BCUT2D eigenvalue weighted by Crippen LogP contribution is -2.26. The molecule has 1 N–H and O–H groups in total. The van der Waals surface area contributed by atoms with Crippen molar-refractivity contribution < 1.29 is 13.5 Å². The van der Waals surface area contributed by atoms with Crippen molar-refractivity contribution in [3.8, 4) is 0 Å². The molecule has 0 aromatic heterocycles. The second-order valence-corrected chi connectivity index (χ2v) is 3.90. The minimum Gasteiger partial charge on any atom is -0.375 e. The molecule has 0 saturated heterocycles. The Kier molecular flexibility index (Phi) is 5.35. The van der Waals surface area contributed by atoms with Gasteiger partial charge in [-0.15, -0.1) is 0 Å². The summed E-state index contributed by atoms with van der Waals surface area (Å²) in [4.78, 5) is 0. The third kappa shape index (κ3) is 4.68. The van der Waals surface area contributed by atoms with E-state index in [-0.39, 0.29) is 12.2 Å². The van der Waals surface area contributed by atoms with Crippen molar-refractivity contribution in [2.75, 3.05) is 13.2 Å². The molecule has 0 aliphatic rings. The van der Waals surface area contributed by atoms with Crippen molar-refractivity contribution in [2.45, 2.75) is 26.5 Å². The number of hydrogen-bond acceptors (Lipinski definition) is 2. The van der Waals surface area contributed by atoms with E-state index in [2.05, 4.69) is 5.32 Å². The molecule has 0 aliphatic carbocycles. The molecule has 0 radical (unpaired) electrons. The van der Waals surface area contributed by atoms with E-state index < -0.39 is 11.6 Å². The summed E-state index contributed by atoms with van der Waals surface area (Å²) in [7, 11) is 0. The Balaban J connectivity index is 2.29. The number of hydrogen-bond donors (Lipinski definition) is 1. The van der Waals surface area contributed by atoms with E-state index in [0.29, 0.717) is 19.2 Å². The topological polar surface area (TPSA) is 21.3 Å². The van der Waals surface area contributed by atoms with Crippen LogP contribution in [0, 0.1) is 11.6 Å². The zero-order valence-electron chi connectivity index (χ0n) is 9.59. The fourth-order valence-electron chi connectivity index (χ4n) is 1.26. The van der Waals surface area contributed by atoms with Gasteiger partial charge in [0.05, 0.1) is 13.2 Å². The maximum absolute atomic E-state index is 13.1. The summed E-state index contributed by atoms with van der Waals surface area (Å²) >= 11 is 0. The van der Waals surface area contributed by atoms with Crippen LogP contribution in [-0.2, 0) is 11.3 Å². The van der Waals surface area contributed by atoms with E-state index in [0.717, 1.165) is 18.2 Å². The molecule has 1 aromatic rings. The van der Waals surface area contributed by atoms with Crippen molar-refractivity contribution in [1.82, 2.24) is 5.32 Å². The molecule has 16 heavy (non-hydrogen) atoms. The molecule has 4 heteroatoms. The molecule has 0 unspecified atom stereocenters. The molecule has 1 rings (SSSR count). The first-order chi connectivity index (χ1) is 7.59. The number of rotatable bonds is 6. The van der Waals surface area contributed by atoms with E-state index in [1.807, 2.05) is 13.8 Å². The number of ether oxygens (including phenoxy) is 1. The minimum atomic E-state index is -0.444. The van der Waals surface area contributed by atoms with Crippen molar-refractivity contribution in [1.29, 1.82) is 0 Å². The van der Waals surface area contributed by atoms with Crippen LogP contribution in [0.5, 0.6) is 0 Å². The third-order valence-electron chi connectivity index (χ3n) is 2.06. The molecule has 0 atom stereocenters. The molecule has 90 valence electrons. The van der Waals surface area contributed by atoms with Gasteiger partial charge in [0.15, 0.2) is 0 Å². The number of halogens is 2. The average molecular weight is 229 g/mol. The van der Waals surface area contributed by atoms with Crippen LogP contribution in [-0.4, -0.2) is 19.2 Å². The SMILES string of the molecule is CC(C)NCCOCc1cc(F)ccc1F. The van der Waals surface area contributed by atoms with Crippen molar-refractivity contribution in [3.63, 3.8) is 0 Å². The maximum atomic E-state index is 13.1. The Morgan fingerprint density at radius 3 is 2.75 bits per heavy atom. The smallest absolute Gasteiger partial charge is 0.128 e. The minimum absolute atomic E-state index is 0.101. The van der Waals surface area contributed by atoms with E-state index in [1.165, 1.54) is 0 Å². The first-order valence-electron chi connectivity index (χ1n) is 5.34. The van der Waals surface area contributed by atoms with Crippen LogP contribution in [0.4, 0.5) is 8.78 Å². The van der Waals surface area contributed by atoms with Crippen LogP contribution in [0.15, 0.2) is 18.2 Å². The zero-order chi connectivity index (χ0) is 12.0. The van der Waals surface area contributed by atoms with E-state index in [9.17, 15) is 8.78 Å². The standard InChI is InChI=1S/C12H17F2NO/c1-9(2)15-5-6-16-8-10-7-11(13)3-4-12(10)14/h3-4,7,9,15H,5-6,8H2,1-2H3. The van der Waals surface area contributed by atoms with E-state index in [4.69, 9.17) is 4.74 Å². The lowest BCUT2D eigenvalue weighted by molar-refractivity contribution is 0.119. The van der Waals surface area contributed by atoms with Crippen molar-refractivity contribution in [3.05, 3.63) is 35.4 Å². The maximum Gasteiger partial charge on any atom is 0.128 e. The van der Waals surface area contributed by atoms with Gasteiger partial charge < -0.3 is 10.1 Å². The summed E-state index contributed by atoms with van der Waals surface area (Å²) in [5.74, 6) is -0.876. The van der Waals surface area contributed by atoms with Gasteiger partial charge >= 0.3 is 0 Å². The lowest BCUT2D eigenvalue weighted by Gasteiger charge is -2.09. The van der Waals surface area contributed by atoms with Gasteiger partial charge in [-0.3, -0.25) is 0 Å². The summed E-state index contributed by atoms with van der Waals surface area (Å²) in [5, 5.41) is 3.16. The van der Waals surface area contributed by atoms with Gasteiger partial charge in [0, 0.05) is 18.2 Å². The van der Waals surface area contributed by atoms with Gasteiger partial charge in [0.2, 0.25) is 0 Å². The fraction of sp³-hybridized carbons (Fsp3) is 0.500. The molecule has 0 amide bonds. The Morgan fingerprint density at radius 1 is 1.31 bits per heavy atom. The van der Waals surface area contributed by atoms with Crippen LogP contribution < -0.4 is 5.32 Å². The largest absolute Gasteiger partial charge is 0.375 e. The van der Waals surface area contributed by atoms with E-state index in [1.54, 1.807) is 0 Å². The monoisotopic (exact) mass is 229 g/mol. The van der Waals surface area contributed by atoms with Gasteiger partial charge in [-0.1, -0.05) is 13.8 Å². The molecule has 0 fully saturated rings. The molecule has 0 bridgehead atoms. The summed E-state index contributed by atoms with van der Waals surface area (Å²) in [6.45, 7) is 5.35. The predicted molar refractivity (Wildman–Crippen MR) is 59.2 cm³/mol. The molecule has 1 aromatic carbocycles. The molecule has 0 spiro atoms. The van der Waals surface area contributed by atoms with E-state index >= 15 is 0 Å². The fourth-order valence-corrected chi connectivity index (χ4v) is 1.26. The highest BCUT2D eigenvalue weighted by atomic mass is 19.1.